The number of carboxylic acids is 1. The van der Waals surface area contributed by atoms with Crippen molar-refractivity contribution in [3.63, 3.8) is 0 Å². The van der Waals surface area contributed by atoms with Gasteiger partial charge in [-0.15, -0.1) is 0 Å². The van der Waals surface area contributed by atoms with Gasteiger partial charge in [-0.2, -0.15) is 0 Å². The summed E-state index contributed by atoms with van der Waals surface area (Å²) >= 11 is 0. The number of benzene rings is 2. The molecule has 2 N–H and O–H groups in total. The molecule has 3 saturated carbocycles. The third-order valence-electron chi connectivity index (χ3n) is 9.27. The number of amides is 2. The maximum Gasteiger partial charge on any atom is 0.407 e. The fraction of sp³-hybridized carbons (Fsp3) is 0.464. The zero-order chi connectivity index (χ0) is 23.9. The van der Waals surface area contributed by atoms with Crippen LogP contribution in [0.5, 0.6) is 0 Å². The van der Waals surface area contributed by atoms with Crippen LogP contribution in [0, 0.1) is 29.1 Å². The van der Waals surface area contributed by atoms with Crippen LogP contribution in [0.2, 0.25) is 0 Å². The largest absolute Gasteiger partial charge is 0.481 e. The van der Waals surface area contributed by atoms with E-state index in [1.807, 2.05) is 29.2 Å². The first-order valence-electron chi connectivity index (χ1n) is 12.6. The van der Waals surface area contributed by atoms with E-state index < -0.39 is 12.1 Å². The minimum Gasteiger partial charge on any atom is -0.481 e. The van der Waals surface area contributed by atoms with Crippen LogP contribution in [-0.4, -0.2) is 53.7 Å². The number of fused-ring (bicyclic) bond motifs is 5. The van der Waals surface area contributed by atoms with Crippen LogP contribution in [0.25, 0.3) is 11.1 Å². The second-order valence-corrected chi connectivity index (χ2v) is 11.1. The number of carbonyl (C=O) groups excluding carboxylic acids is 2. The average Bonchev–Trinajstić information content (AvgIpc) is 3.54. The number of hydrogen-bond acceptors (Lipinski definition) is 4. The molecule has 4 fully saturated rings. The minimum atomic E-state index is -0.734. The van der Waals surface area contributed by atoms with Crippen LogP contribution in [0.15, 0.2) is 48.5 Å². The lowest BCUT2D eigenvalue weighted by atomic mass is 9.98. The number of rotatable bonds is 5. The summed E-state index contributed by atoms with van der Waals surface area (Å²) in [6.45, 7) is 1.42. The summed E-state index contributed by atoms with van der Waals surface area (Å²) in [5.74, 6) is -0.255. The van der Waals surface area contributed by atoms with Gasteiger partial charge < -0.3 is 20.1 Å². The molecule has 2 aromatic rings. The standard InChI is InChI=1S/C28H28N2O5/c31-25(32)24-21-12-30(13-22(21)24)26(33)28-10-15(28)9-16(11-28)29-27(34)35-14-23-19-7-3-1-5-17(19)18-6-2-4-8-20(18)23/h1-8,15-16,21-24H,9-14H2,(H,29,34)(H,31,32)/t15?,16?,21-,22+,24?,28?. The van der Waals surface area contributed by atoms with Gasteiger partial charge in [0, 0.05) is 25.0 Å². The van der Waals surface area contributed by atoms with Gasteiger partial charge in [-0.25, -0.2) is 4.79 Å². The normalized spacial score (nSPS) is 33.4. The maximum absolute atomic E-state index is 13.3. The Kier molecular flexibility index (Phi) is 4.39. The van der Waals surface area contributed by atoms with Crippen molar-refractivity contribution in [3.05, 3.63) is 59.7 Å². The summed E-state index contributed by atoms with van der Waals surface area (Å²) in [7, 11) is 0. The van der Waals surface area contributed by atoms with E-state index in [4.69, 9.17) is 4.74 Å². The Morgan fingerprint density at radius 2 is 1.60 bits per heavy atom. The Bertz CT molecular complexity index is 1200. The first kappa shape index (κ1) is 21.0. The predicted octanol–water partition coefficient (Wildman–Crippen LogP) is 3.48. The van der Waals surface area contributed by atoms with Gasteiger partial charge in [0.1, 0.15) is 6.61 Å². The molecule has 0 aromatic heterocycles. The van der Waals surface area contributed by atoms with Crippen LogP contribution in [-0.2, 0) is 14.3 Å². The molecule has 2 aromatic carbocycles. The first-order valence-corrected chi connectivity index (χ1v) is 12.6. The van der Waals surface area contributed by atoms with Crippen LogP contribution < -0.4 is 5.32 Å². The Hall–Kier alpha value is -3.35. The number of hydrogen-bond donors (Lipinski definition) is 2. The van der Waals surface area contributed by atoms with Crippen LogP contribution in [0.4, 0.5) is 4.79 Å². The lowest BCUT2D eigenvalue weighted by molar-refractivity contribution is -0.142. The molecule has 0 spiro atoms. The molecule has 7 nitrogen and oxygen atoms in total. The highest BCUT2D eigenvalue weighted by molar-refractivity contribution is 5.88. The number of carbonyl (C=O) groups is 3. The van der Waals surface area contributed by atoms with E-state index in [9.17, 15) is 19.5 Å². The molecular formula is C28H28N2O5. The van der Waals surface area contributed by atoms with Gasteiger partial charge in [-0.05, 0) is 59.3 Å². The zero-order valence-electron chi connectivity index (χ0n) is 19.4. The summed E-state index contributed by atoms with van der Waals surface area (Å²) in [6.07, 6.45) is 1.90. The van der Waals surface area contributed by atoms with Crippen molar-refractivity contribution < 1.29 is 24.2 Å². The van der Waals surface area contributed by atoms with E-state index in [0.29, 0.717) is 25.4 Å². The predicted molar refractivity (Wildman–Crippen MR) is 126 cm³/mol. The highest BCUT2D eigenvalue weighted by Crippen LogP contribution is 2.65. The second kappa shape index (κ2) is 7.33. The summed E-state index contributed by atoms with van der Waals surface area (Å²) in [4.78, 5) is 39.1. The topological polar surface area (TPSA) is 95.9 Å². The fourth-order valence-corrected chi connectivity index (χ4v) is 7.45. The van der Waals surface area contributed by atoms with Gasteiger partial charge in [0.25, 0.3) is 0 Å². The molecule has 5 aliphatic rings. The van der Waals surface area contributed by atoms with E-state index in [1.165, 1.54) is 22.3 Å². The Balaban J connectivity index is 0.951. The van der Waals surface area contributed by atoms with Crippen molar-refractivity contribution >= 4 is 18.0 Å². The van der Waals surface area contributed by atoms with Crippen molar-refractivity contribution in [2.75, 3.05) is 19.7 Å². The molecule has 7 rings (SSSR count). The Morgan fingerprint density at radius 3 is 2.23 bits per heavy atom. The zero-order valence-corrected chi connectivity index (χ0v) is 19.4. The quantitative estimate of drug-likeness (QED) is 0.695. The molecule has 1 aliphatic heterocycles. The molecule has 1 heterocycles. The highest BCUT2D eigenvalue weighted by atomic mass is 16.5. The number of likely N-dealkylation sites (tertiary alicyclic amines) is 1. The number of carboxylic acid groups (broad SMARTS) is 1. The number of ether oxygens (including phenoxy) is 1. The summed E-state index contributed by atoms with van der Waals surface area (Å²) in [5, 5.41) is 12.2. The molecule has 0 bridgehead atoms. The highest BCUT2D eigenvalue weighted by Gasteiger charge is 2.68. The molecule has 7 heteroatoms. The van der Waals surface area contributed by atoms with Gasteiger partial charge in [0.05, 0.1) is 11.3 Å². The molecule has 2 amide bonds. The average molecular weight is 473 g/mol. The summed E-state index contributed by atoms with van der Waals surface area (Å²) < 4.78 is 5.70. The van der Waals surface area contributed by atoms with Crippen molar-refractivity contribution in [1.29, 1.82) is 0 Å². The number of nitrogens with one attached hydrogen (secondary N) is 1. The van der Waals surface area contributed by atoms with Crippen LogP contribution in [0.3, 0.4) is 0 Å². The summed E-state index contributed by atoms with van der Waals surface area (Å²) in [6, 6.07) is 16.5. The number of nitrogens with zero attached hydrogens (tertiary/aromatic N) is 1. The third kappa shape index (κ3) is 3.13. The van der Waals surface area contributed by atoms with E-state index in [0.717, 1.165) is 12.8 Å². The van der Waals surface area contributed by atoms with Crippen LogP contribution >= 0.6 is 0 Å². The first-order chi connectivity index (χ1) is 17.0. The number of aliphatic carboxylic acids is 1. The fourth-order valence-electron chi connectivity index (χ4n) is 7.45. The van der Waals surface area contributed by atoms with Gasteiger partial charge in [0.2, 0.25) is 5.91 Å². The molecule has 6 atom stereocenters. The van der Waals surface area contributed by atoms with Crippen molar-refractivity contribution in [2.45, 2.75) is 31.2 Å². The van der Waals surface area contributed by atoms with Crippen molar-refractivity contribution in [2.24, 2.45) is 29.1 Å². The van der Waals surface area contributed by atoms with Crippen molar-refractivity contribution in [1.82, 2.24) is 10.2 Å². The van der Waals surface area contributed by atoms with E-state index in [-0.39, 0.29) is 47.6 Å². The molecule has 4 unspecified atom stereocenters. The summed E-state index contributed by atoms with van der Waals surface area (Å²) in [5.41, 5.74) is 4.39. The molecule has 180 valence electrons. The van der Waals surface area contributed by atoms with Crippen molar-refractivity contribution in [3.8, 4) is 11.1 Å². The van der Waals surface area contributed by atoms with E-state index >= 15 is 0 Å². The van der Waals surface area contributed by atoms with Gasteiger partial charge >= 0.3 is 12.1 Å². The smallest absolute Gasteiger partial charge is 0.407 e. The molecule has 0 radical (unpaired) electrons. The SMILES string of the molecule is O=C(NC1CC2CC2(C(=O)N2C[C@@H]3C(C(=O)O)[C@@H]3C2)C1)OCC1c2ccccc2-c2ccccc21. The Morgan fingerprint density at radius 1 is 0.971 bits per heavy atom. The molecular weight excluding hydrogens is 444 g/mol. The van der Waals surface area contributed by atoms with E-state index in [1.54, 1.807) is 0 Å². The molecule has 1 saturated heterocycles. The lowest BCUT2D eigenvalue weighted by Gasteiger charge is -2.25. The van der Waals surface area contributed by atoms with Crippen LogP contribution in [0.1, 0.15) is 36.3 Å². The maximum atomic E-state index is 13.3. The molecule has 4 aliphatic carbocycles. The lowest BCUT2D eigenvalue weighted by Crippen LogP contribution is -2.40. The molecule has 35 heavy (non-hydrogen) atoms. The van der Waals surface area contributed by atoms with E-state index in [2.05, 4.69) is 29.6 Å². The van der Waals surface area contributed by atoms with Gasteiger partial charge in [-0.1, -0.05) is 48.5 Å². The second-order valence-electron chi connectivity index (χ2n) is 11.1. The number of alkyl carbamates (subject to hydrolysis) is 1. The monoisotopic (exact) mass is 472 g/mol. The minimum absolute atomic E-state index is 0.0225. The van der Waals surface area contributed by atoms with Gasteiger partial charge in [-0.3, -0.25) is 9.59 Å². The number of piperidine rings is 1. The third-order valence-corrected chi connectivity index (χ3v) is 9.27. The van der Waals surface area contributed by atoms with Gasteiger partial charge in [0.15, 0.2) is 0 Å². The Labute approximate surface area is 203 Å².